The van der Waals surface area contributed by atoms with E-state index >= 15 is 0 Å². The number of rotatable bonds is 4. The van der Waals surface area contributed by atoms with Crippen LogP contribution in [0.2, 0.25) is 0 Å². The van der Waals surface area contributed by atoms with Crippen molar-refractivity contribution in [2.75, 3.05) is 6.61 Å². The molecular weight excluding hydrogens is 375 g/mol. The quantitative estimate of drug-likeness (QED) is 0.472. The molecule has 1 aliphatic heterocycles. The average molecular weight is 394 g/mol. The van der Waals surface area contributed by atoms with Gasteiger partial charge in [0.25, 0.3) is 0 Å². The summed E-state index contributed by atoms with van der Waals surface area (Å²) in [4.78, 5) is 0. The summed E-state index contributed by atoms with van der Waals surface area (Å²) in [5, 5.41) is 0. The van der Waals surface area contributed by atoms with E-state index in [1.165, 1.54) is 14.7 Å². The summed E-state index contributed by atoms with van der Waals surface area (Å²) in [7, 11) is 0. The lowest BCUT2D eigenvalue weighted by Gasteiger charge is -2.29. The van der Waals surface area contributed by atoms with Gasteiger partial charge < -0.3 is 4.74 Å². The van der Waals surface area contributed by atoms with Crippen molar-refractivity contribution in [1.29, 1.82) is 0 Å². The Morgan fingerprint density at radius 2 is 1.95 bits per heavy atom. The summed E-state index contributed by atoms with van der Waals surface area (Å²) in [5.74, 6) is 7.30. The molecule has 0 spiro atoms. The first kappa shape index (κ1) is 14.8. The molecule has 0 aliphatic carbocycles. The first-order valence-corrected chi connectivity index (χ1v) is 8.29. The van der Waals surface area contributed by atoms with Gasteiger partial charge in [-0.05, 0) is 70.7 Å². The minimum Gasteiger partial charge on any atom is -0.493 e. The van der Waals surface area contributed by atoms with Crippen molar-refractivity contribution >= 4 is 22.6 Å². The van der Waals surface area contributed by atoms with Crippen LogP contribution in [0.3, 0.4) is 0 Å². The third-order valence-electron chi connectivity index (χ3n) is 4.08. The van der Waals surface area contributed by atoms with E-state index in [0.717, 1.165) is 25.2 Å². The molecule has 2 atom stereocenters. The highest BCUT2D eigenvalue weighted by molar-refractivity contribution is 14.1. The fourth-order valence-corrected chi connectivity index (χ4v) is 3.30. The Hall–Kier alpha value is -1.11. The van der Waals surface area contributed by atoms with Crippen LogP contribution < -0.4 is 16.0 Å². The van der Waals surface area contributed by atoms with Crippen LogP contribution in [0, 0.1) is 3.57 Å². The Kier molecular flexibility index (Phi) is 4.77. The maximum atomic E-state index is 5.80. The number of hydrogen-bond donors (Lipinski definition) is 2. The molecule has 1 aliphatic rings. The zero-order valence-corrected chi connectivity index (χ0v) is 13.9. The first-order valence-electron chi connectivity index (χ1n) is 7.21. The van der Waals surface area contributed by atoms with E-state index in [9.17, 15) is 0 Å². The Balaban J connectivity index is 1.80. The van der Waals surface area contributed by atoms with E-state index in [1.54, 1.807) is 0 Å². The molecule has 0 amide bonds. The monoisotopic (exact) mass is 394 g/mol. The van der Waals surface area contributed by atoms with Gasteiger partial charge in [-0.1, -0.05) is 30.3 Å². The highest BCUT2D eigenvalue weighted by atomic mass is 127. The molecule has 21 heavy (non-hydrogen) atoms. The maximum Gasteiger partial charge on any atom is 0.122 e. The molecule has 3 rings (SSSR count). The van der Waals surface area contributed by atoms with Crippen LogP contribution in [0.4, 0.5) is 0 Å². The first-order chi connectivity index (χ1) is 10.3. The van der Waals surface area contributed by atoms with Crippen LogP contribution in [-0.2, 0) is 0 Å². The smallest absolute Gasteiger partial charge is 0.122 e. The Labute approximate surface area is 139 Å². The lowest BCUT2D eigenvalue weighted by molar-refractivity contribution is 0.255. The van der Waals surface area contributed by atoms with E-state index in [0.29, 0.717) is 5.92 Å². The van der Waals surface area contributed by atoms with E-state index in [2.05, 4.69) is 70.5 Å². The van der Waals surface area contributed by atoms with Gasteiger partial charge in [0, 0.05) is 9.61 Å². The summed E-state index contributed by atoms with van der Waals surface area (Å²) in [6.45, 7) is 0.783. The maximum absolute atomic E-state index is 5.80. The Morgan fingerprint density at radius 1 is 1.19 bits per heavy atom. The second-order valence-electron chi connectivity index (χ2n) is 5.38. The van der Waals surface area contributed by atoms with Crippen LogP contribution in [-0.4, -0.2) is 6.61 Å². The van der Waals surface area contributed by atoms with Crippen molar-refractivity contribution in [3.05, 3.63) is 63.2 Å². The third-order valence-corrected chi connectivity index (χ3v) is 4.80. The fraction of sp³-hybridized carbons (Fsp3) is 0.294. The second kappa shape index (κ2) is 6.77. The molecule has 0 aromatic heterocycles. The molecule has 3 nitrogen and oxygen atoms in total. The predicted molar refractivity (Wildman–Crippen MR) is 93.1 cm³/mol. The Bertz CT molecular complexity index is 600. The molecule has 2 unspecified atom stereocenters. The topological polar surface area (TPSA) is 47.3 Å². The van der Waals surface area contributed by atoms with E-state index < -0.39 is 0 Å². The number of fused-ring (bicyclic) bond motifs is 1. The molecule has 4 heteroatoms. The van der Waals surface area contributed by atoms with Gasteiger partial charge in [-0.2, -0.15) is 0 Å². The number of nitrogens with one attached hydrogen (secondary N) is 1. The van der Waals surface area contributed by atoms with E-state index in [1.807, 2.05) is 6.07 Å². The molecular formula is C17H19IN2O. The summed E-state index contributed by atoms with van der Waals surface area (Å²) in [5.41, 5.74) is 5.51. The van der Waals surface area contributed by atoms with Gasteiger partial charge in [0.05, 0.1) is 6.61 Å². The number of ether oxygens (including phenoxy) is 1. The van der Waals surface area contributed by atoms with Crippen LogP contribution >= 0.6 is 22.6 Å². The number of hydrazine groups is 1. The molecule has 2 aromatic carbocycles. The summed E-state index contributed by atoms with van der Waals surface area (Å²) < 4.78 is 6.98. The van der Waals surface area contributed by atoms with Crippen LogP contribution in [0.5, 0.6) is 5.75 Å². The van der Waals surface area contributed by atoms with Crippen molar-refractivity contribution in [3.63, 3.8) is 0 Å². The minimum atomic E-state index is 0.165. The zero-order chi connectivity index (χ0) is 14.7. The molecule has 0 saturated heterocycles. The zero-order valence-electron chi connectivity index (χ0n) is 11.8. The standard InChI is InChI=1S/C17H19IN2O/c18-14-7-5-12(6-8-14)16(20-19)11-13-9-10-21-17-4-2-1-3-15(13)17/h1-8,13,16,20H,9-11,19H2. The number of hydrogen-bond acceptors (Lipinski definition) is 3. The third kappa shape index (κ3) is 3.39. The van der Waals surface area contributed by atoms with Gasteiger partial charge in [0.2, 0.25) is 0 Å². The minimum absolute atomic E-state index is 0.165. The van der Waals surface area contributed by atoms with Crippen molar-refractivity contribution in [2.24, 2.45) is 5.84 Å². The summed E-state index contributed by atoms with van der Waals surface area (Å²) in [6.07, 6.45) is 2.02. The van der Waals surface area contributed by atoms with Crippen LogP contribution in [0.25, 0.3) is 0 Å². The molecule has 0 radical (unpaired) electrons. The second-order valence-corrected chi connectivity index (χ2v) is 6.62. The molecule has 3 N–H and O–H groups in total. The number of halogens is 1. The molecule has 110 valence electrons. The average Bonchev–Trinajstić information content (AvgIpc) is 2.54. The SMILES string of the molecule is NNC(CC1CCOc2ccccc21)c1ccc(I)cc1. The number of nitrogens with two attached hydrogens (primary N) is 1. The van der Waals surface area contributed by atoms with Gasteiger partial charge >= 0.3 is 0 Å². The predicted octanol–water partition coefficient (Wildman–Crippen LogP) is 3.75. The highest BCUT2D eigenvalue weighted by Gasteiger charge is 2.24. The summed E-state index contributed by atoms with van der Waals surface area (Å²) in [6, 6.07) is 17.0. The van der Waals surface area contributed by atoms with Gasteiger partial charge in [0.15, 0.2) is 0 Å². The fourth-order valence-electron chi connectivity index (χ4n) is 2.94. The summed E-state index contributed by atoms with van der Waals surface area (Å²) >= 11 is 2.32. The van der Waals surface area contributed by atoms with Crippen molar-refractivity contribution in [1.82, 2.24) is 5.43 Å². The molecule has 0 fully saturated rings. The van der Waals surface area contributed by atoms with Crippen molar-refractivity contribution in [2.45, 2.75) is 24.8 Å². The normalized spacial score (nSPS) is 18.7. The van der Waals surface area contributed by atoms with E-state index in [4.69, 9.17) is 10.6 Å². The van der Waals surface area contributed by atoms with Crippen LogP contribution in [0.1, 0.15) is 35.9 Å². The van der Waals surface area contributed by atoms with Gasteiger partial charge in [-0.3, -0.25) is 11.3 Å². The molecule has 0 bridgehead atoms. The van der Waals surface area contributed by atoms with Gasteiger partial charge in [0.1, 0.15) is 5.75 Å². The molecule has 0 saturated carbocycles. The van der Waals surface area contributed by atoms with Crippen LogP contribution in [0.15, 0.2) is 48.5 Å². The van der Waals surface area contributed by atoms with Gasteiger partial charge in [-0.15, -0.1) is 0 Å². The van der Waals surface area contributed by atoms with E-state index in [-0.39, 0.29) is 6.04 Å². The highest BCUT2D eigenvalue weighted by Crippen LogP contribution is 2.38. The number of para-hydroxylation sites is 1. The van der Waals surface area contributed by atoms with Crippen molar-refractivity contribution in [3.8, 4) is 5.75 Å². The molecule has 2 aromatic rings. The lowest BCUT2D eigenvalue weighted by atomic mass is 9.86. The lowest BCUT2D eigenvalue weighted by Crippen LogP contribution is -2.30. The largest absolute Gasteiger partial charge is 0.493 e. The number of benzene rings is 2. The van der Waals surface area contributed by atoms with Crippen molar-refractivity contribution < 1.29 is 4.74 Å². The molecule has 1 heterocycles. The Morgan fingerprint density at radius 3 is 2.71 bits per heavy atom. The van der Waals surface area contributed by atoms with Gasteiger partial charge in [-0.25, -0.2) is 0 Å².